The Labute approximate surface area is 121 Å². The number of rotatable bonds is 3. The monoisotopic (exact) mass is 307 g/mol. The van der Waals surface area contributed by atoms with E-state index in [0.29, 0.717) is 12.1 Å². The maximum absolute atomic E-state index is 13.1. The first-order valence-corrected chi connectivity index (χ1v) is 6.87. The number of halogens is 4. The molecule has 0 spiro atoms. The fourth-order valence-electron chi connectivity index (χ4n) is 3.05. The van der Waals surface area contributed by atoms with Gasteiger partial charge in [-0.1, -0.05) is 24.4 Å². The van der Waals surface area contributed by atoms with Crippen LogP contribution in [0.25, 0.3) is 0 Å². The summed E-state index contributed by atoms with van der Waals surface area (Å²) in [6.45, 7) is 0.293. The van der Waals surface area contributed by atoms with Crippen molar-refractivity contribution in [2.24, 2.45) is 5.73 Å². The predicted molar refractivity (Wildman–Crippen MR) is 72.2 cm³/mol. The third-order valence-corrected chi connectivity index (χ3v) is 4.30. The van der Waals surface area contributed by atoms with E-state index in [2.05, 4.69) is 0 Å². The van der Waals surface area contributed by atoms with Gasteiger partial charge >= 0.3 is 6.18 Å². The summed E-state index contributed by atoms with van der Waals surface area (Å²) >= 11 is 5.89. The third-order valence-electron chi connectivity index (χ3n) is 4.09. The Kier molecular flexibility index (Phi) is 4.21. The Morgan fingerprint density at radius 1 is 1.30 bits per heavy atom. The average molecular weight is 308 g/mol. The number of nitrogens with two attached hydrogens (primary N) is 1. The highest BCUT2D eigenvalue weighted by Crippen LogP contribution is 2.49. The van der Waals surface area contributed by atoms with Gasteiger partial charge in [-0.05, 0) is 25.0 Å². The van der Waals surface area contributed by atoms with Gasteiger partial charge in [0.25, 0.3) is 0 Å². The molecule has 0 amide bonds. The van der Waals surface area contributed by atoms with Crippen LogP contribution in [0.3, 0.4) is 0 Å². The maximum Gasteiger partial charge on any atom is 0.420 e. The molecule has 0 radical (unpaired) electrons. The zero-order valence-electron chi connectivity index (χ0n) is 11.2. The van der Waals surface area contributed by atoms with Crippen LogP contribution in [-0.4, -0.2) is 13.7 Å². The Balaban J connectivity index is 2.66. The van der Waals surface area contributed by atoms with Crippen molar-refractivity contribution < 1.29 is 17.9 Å². The molecule has 0 saturated heterocycles. The molecule has 0 heterocycles. The molecule has 0 aliphatic heterocycles. The van der Waals surface area contributed by atoms with E-state index >= 15 is 0 Å². The van der Waals surface area contributed by atoms with Crippen molar-refractivity contribution >= 4 is 11.6 Å². The van der Waals surface area contributed by atoms with Crippen LogP contribution in [0.2, 0.25) is 5.02 Å². The van der Waals surface area contributed by atoms with Crippen molar-refractivity contribution in [2.45, 2.75) is 37.3 Å². The molecule has 0 bridgehead atoms. The van der Waals surface area contributed by atoms with Crippen molar-refractivity contribution in [1.82, 2.24) is 0 Å². The van der Waals surface area contributed by atoms with Crippen molar-refractivity contribution in [1.29, 1.82) is 0 Å². The first-order valence-electron chi connectivity index (χ1n) is 6.49. The molecule has 0 atom stereocenters. The number of hydrogen-bond acceptors (Lipinski definition) is 2. The lowest BCUT2D eigenvalue weighted by atomic mass is 9.77. The second-order valence-corrected chi connectivity index (χ2v) is 5.66. The summed E-state index contributed by atoms with van der Waals surface area (Å²) in [6, 6.07) is 2.47. The number of methoxy groups -OCH3 is 1. The standard InChI is InChI=1S/C14H17ClF3NO/c1-20-12-10(13(8-19)4-2-3-5-13)6-9(15)7-11(12)14(16,17)18/h6-7H,2-5,8,19H2,1H3. The Hall–Kier alpha value is -0.940. The summed E-state index contributed by atoms with van der Waals surface area (Å²) in [5.41, 5.74) is 5.05. The van der Waals surface area contributed by atoms with Gasteiger partial charge in [-0.2, -0.15) is 13.2 Å². The van der Waals surface area contributed by atoms with Crippen LogP contribution in [-0.2, 0) is 11.6 Å². The molecule has 2 nitrogen and oxygen atoms in total. The summed E-state index contributed by atoms with van der Waals surface area (Å²) in [5.74, 6) is -0.144. The van der Waals surface area contributed by atoms with Gasteiger partial charge in [-0.3, -0.25) is 0 Å². The normalized spacial score (nSPS) is 18.3. The maximum atomic E-state index is 13.1. The van der Waals surface area contributed by atoms with E-state index in [1.54, 1.807) is 6.07 Å². The summed E-state index contributed by atoms with van der Waals surface area (Å²) in [4.78, 5) is 0. The van der Waals surface area contributed by atoms with Crippen LogP contribution in [0.4, 0.5) is 13.2 Å². The van der Waals surface area contributed by atoms with Gasteiger partial charge < -0.3 is 10.5 Å². The van der Waals surface area contributed by atoms with Crippen LogP contribution >= 0.6 is 11.6 Å². The van der Waals surface area contributed by atoms with Crippen LogP contribution in [0.15, 0.2) is 12.1 Å². The highest BCUT2D eigenvalue weighted by atomic mass is 35.5. The quantitative estimate of drug-likeness (QED) is 0.911. The van der Waals surface area contributed by atoms with E-state index in [-0.39, 0.29) is 10.8 Å². The zero-order valence-corrected chi connectivity index (χ0v) is 11.9. The SMILES string of the molecule is COc1c(C(F)(F)F)cc(Cl)cc1C1(CN)CCCC1. The Bertz CT molecular complexity index is 496. The molecule has 112 valence electrons. The Morgan fingerprint density at radius 3 is 2.35 bits per heavy atom. The smallest absolute Gasteiger partial charge is 0.420 e. The van der Waals surface area contributed by atoms with E-state index in [4.69, 9.17) is 22.1 Å². The topological polar surface area (TPSA) is 35.2 Å². The molecule has 1 saturated carbocycles. The molecule has 2 N–H and O–H groups in total. The molecule has 1 aliphatic rings. The van der Waals surface area contributed by atoms with Crippen molar-refractivity contribution in [3.8, 4) is 5.75 Å². The minimum absolute atomic E-state index is 0.0628. The van der Waals surface area contributed by atoms with E-state index < -0.39 is 17.2 Å². The van der Waals surface area contributed by atoms with Gasteiger partial charge in [0.1, 0.15) is 5.75 Å². The number of alkyl halides is 3. The van der Waals surface area contributed by atoms with Crippen molar-refractivity contribution in [2.75, 3.05) is 13.7 Å². The summed E-state index contributed by atoms with van der Waals surface area (Å²) in [5, 5.41) is 0.0628. The van der Waals surface area contributed by atoms with E-state index in [1.165, 1.54) is 7.11 Å². The van der Waals surface area contributed by atoms with Crippen LogP contribution in [0.5, 0.6) is 5.75 Å². The van der Waals surface area contributed by atoms with Crippen LogP contribution < -0.4 is 10.5 Å². The molecule has 2 rings (SSSR count). The highest BCUT2D eigenvalue weighted by molar-refractivity contribution is 6.30. The molecule has 6 heteroatoms. The molecular weight excluding hydrogens is 291 g/mol. The molecule has 1 aromatic rings. The van der Waals surface area contributed by atoms with Crippen LogP contribution in [0.1, 0.15) is 36.8 Å². The van der Waals surface area contributed by atoms with Crippen molar-refractivity contribution in [3.63, 3.8) is 0 Å². The van der Waals surface area contributed by atoms with Crippen molar-refractivity contribution in [3.05, 3.63) is 28.3 Å². The van der Waals surface area contributed by atoms with E-state index in [0.717, 1.165) is 31.7 Å². The predicted octanol–water partition coefficient (Wildman–Crippen LogP) is 4.14. The molecule has 20 heavy (non-hydrogen) atoms. The minimum Gasteiger partial charge on any atom is -0.496 e. The summed E-state index contributed by atoms with van der Waals surface area (Å²) < 4.78 is 44.5. The molecule has 0 aromatic heterocycles. The van der Waals surface area contributed by atoms with Gasteiger partial charge in [0, 0.05) is 22.5 Å². The lowest BCUT2D eigenvalue weighted by molar-refractivity contribution is -0.138. The minimum atomic E-state index is -4.50. The van der Waals surface area contributed by atoms with Gasteiger partial charge in [-0.15, -0.1) is 0 Å². The fourth-order valence-corrected chi connectivity index (χ4v) is 3.27. The second kappa shape index (κ2) is 5.45. The number of benzene rings is 1. The largest absolute Gasteiger partial charge is 0.496 e. The average Bonchev–Trinajstić information content (AvgIpc) is 2.86. The zero-order chi connectivity index (χ0) is 15.0. The summed E-state index contributed by atoms with van der Waals surface area (Å²) in [7, 11) is 1.25. The highest BCUT2D eigenvalue weighted by Gasteiger charge is 2.42. The molecule has 1 fully saturated rings. The van der Waals surface area contributed by atoms with Gasteiger partial charge in [0.15, 0.2) is 0 Å². The van der Waals surface area contributed by atoms with Gasteiger partial charge in [-0.25, -0.2) is 0 Å². The molecule has 0 unspecified atom stereocenters. The fraction of sp³-hybridized carbons (Fsp3) is 0.571. The molecular formula is C14H17ClF3NO. The molecule has 1 aromatic carbocycles. The van der Waals surface area contributed by atoms with Crippen LogP contribution in [0, 0.1) is 0 Å². The number of hydrogen-bond donors (Lipinski definition) is 1. The molecule has 1 aliphatic carbocycles. The van der Waals surface area contributed by atoms with E-state index in [1.807, 2.05) is 0 Å². The second-order valence-electron chi connectivity index (χ2n) is 5.22. The lowest BCUT2D eigenvalue weighted by Crippen LogP contribution is -2.33. The lowest BCUT2D eigenvalue weighted by Gasteiger charge is -2.31. The first-order chi connectivity index (χ1) is 9.34. The van der Waals surface area contributed by atoms with Gasteiger partial charge in [0.05, 0.1) is 12.7 Å². The third kappa shape index (κ3) is 2.61. The summed E-state index contributed by atoms with van der Waals surface area (Å²) in [6.07, 6.45) is -1.07. The Morgan fingerprint density at radius 2 is 1.90 bits per heavy atom. The van der Waals surface area contributed by atoms with E-state index in [9.17, 15) is 13.2 Å². The van der Waals surface area contributed by atoms with Gasteiger partial charge in [0.2, 0.25) is 0 Å². The number of ether oxygens (including phenoxy) is 1. The first kappa shape index (κ1) is 15.4.